The van der Waals surface area contributed by atoms with Crippen LogP contribution >= 0.6 is 0 Å². The lowest BCUT2D eigenvalue weighted by molar-refractivity contribution is 0.279. The van der Waals surface area contributed by atoms with Gasteiger partial charge in [-0.3, -0.25) is 0 Å². The number of nitrogens with one attached hydrogen (secondary N) is 1. The van der Waals surface area contributed by atoms with E-state index in [9.17, 15) is 0 Å². The average molecular weight is 288 g/mol. The van der Waals surface area contributed by atoms with E-state index >= 15 is 0 Å². The van der Waals surface area contributed by atoms with Crippen molar-refractivity contribution in [3.8, 4) is 5.75 Å². The van der Waals surface area contributed by atoms with E-state index < -0.39 is 0 Å². The highest BCUT2D eigenvalue weighted by atomic mass is 16.5. The molecule has 0 spiro atoms. The summed E-state index contributed by atoms with van der Waals surface area (Å²) in [4.78, 5) is 4.28. The molecule has 2 aromatic rings. The zero-order chi connectivity index (χ0) is 15.4. The minimum absolute atomic E-state index is 0.284. The lowest BCUT2D eigenvalue weighted by Crippen LogP contribution is -2.11. The third-order valence-electron chi connectivity index (χ3n) is 3.38. The van der Waals surface area contributed by atoms with Crippen molar-refractivity contribution in [1.82, 2.24) is 20.1 Å². The van der Waals surface area contributed by atoms with Gasteiger partial charge < -0.3 is 10.1 Å². The predicted octanol–water partition coefficient (Wildman–Crippen LogP) is 2.77. The SMILES string of the molecule is CNCc1cc(C)c(OCc2ncnn2C(C)C)c(C)c1. The Morgan fingerprint density at radius 3 is 2.48 bits per heavy atom. The number of ether oxygens (including phenoxy) is 1. The van der Waals surface area contributed by atoms with Gasteiger partial charge in [-0.15, -0.1) is 0 Å². The molecule has 0 radical (unpaired) electrons. The molecule has 5 nitrogen and oxygen atoms in total. The fourth-order valence-corrected chi connectivity index (χ4v) is 2.52. The largest absolute Gasteiger partial charge is 0.485 e. The third kappa shape index (κ3) is 3.61. The van der Waals surface area contributed by atoms with Crippen LogP contribution in [0.25, 0.3) is 0 Å². The zero-order valence-corrected chi connectivity index (χ0v) is 13.5. The Hall–Kier alpha value is -1.88. The van der Waals surface area contributed by atoms with E-state index in [1.807, 2.05) is 11.7 Å². The van der Waals surface area contributed by atoms with Gasteiger partial charge in [-0.2, -0.15) is 5.10 Å². The van der Waals surface area contributed by atoms with Gasteiger partial charge in [0.15, 0.2) is 5.82 Å². The van der Waals surface area contributed by atoms with Crippen LogP contribution in [0.15, 0.2) is 18.5 Å². The summed E-state index contributed by atoms with van der Waals surface area (Å²) in [6, 6.07) is 4.60. The zero-order valence-electron chi connectivity index (χ0n) is 13.5. The maximum atomic E-state index is 5.99. The second kappa shape index (κ2) is 6.72. The van der Waals surface area contributed by atoms with Crippen molar-refractivity contribution in [3.63, 3.8) is 0 Å². The van der Waals surface area contributed by atoms with Crippen molar-refractivity contribution in [1.29, 1.82) is 0 Å². The lowest BCUT2D eigenvalue weighted by Gasteiger charge is -2.15. The Bertz CT molecular complexity index is 581. The first-order valence-corrected chi connectivity index (χ1v) is 7.28. The van der Waals surface area contributed by atoms with E-state index in [2.05, 4.69) is 55.2 Å². The van der Waals surface area contributed by atoms with E-state index in [0.717, 1.165) is 29.2 Å². The first kappa shape index (κ1) is 15.5. The number of nitrogens with zero attached hydrogens (tertiary/aromatic N) is 3. The van der Waals surface area contributed by atoms with Crippen molar-refractivity contribution in [2.75, 3.05) is 7.05 Å². The molecule has 0 saturated carbocycles. The number of hydrogen-bond donors (Lipinski definition) is 1. The minimum atomic E-state index is 0.284. The van der Waals surface area contributed by atoms with Crippen molar-refractivity contribution in [2.45, 2.75) is 46.9 Å². The molecule has 0 aliphatic heterocycles. The molecule has 1 N–H and O–H groups in total. The molecule has 0 bridgehead atoms. The van der Waals surface area contributed by atoms with Gasteiger partial charge in [0.2, 0.25) is 0 Å². The van der Waals surface area contributed by atoms with Crippen LogP contribution in [0.2, 0.25) is 0 Å². The average Bonchev–Trinajstić information content (AvgIpc) is 2.86. The van der Waals surface area contributed by atoms with E-state index in [-0.39, 0.29) is 6.04 Å². The number of hydrogen-bond acceptors (Lipinski definition) is 4. The molecule has 114 valence electrons. The van der Waals surface area contributed by atoms with E-state index in [1.165, 1.54) is 5.56 Å². The summed E-state index contributed by atoms with van der Waals surface area (Å²) in [6.07, 6.45) is 1.58. The highest BCUT2D eigenvalue weighted by Gasteiger charge is 2.11. The summed E-state index contributed by atoms with van der Waals surface area (Å²) in [5, 5.41) is 7.40. The van der Waals surface area contributed by atoms with Crippen LogP contribution in [0.5, 0.6) is 5.75 Å². The van der Waals surface area contributed by atoms with Gasteiger partial charge in [-0.25, -0.2) is 9.67 Å². The van der Waals surface area contributed by atoms with Crippen molar-refractivity contribution in [3.05, 3.63) is 41.0 Å². The molecule has 0 aliphatic carbocycles. The molecule has 0 atom stereocenters. The topological polar surface area (TPSA) is 52.0 Å². The van der Waals surface area contributed by atoms with Gasteiger partial charge in [-0.05, 0) is 51.4 Å². The van der Waals surface area contributed by atoms with Gasteiger partial charge >= 0.3 is 0 Å². The van der Waals surface area contributed by atoms with Gasteiger partial charge in [0.05, 0.1) is 0 Å². The third-order valence-corrected chi connectivity index (χ3v) is 3.38. The van der Waals surface area contributed by atoms with Crippen LogP contribution in [0.3, 0.4) is 0 Å². The van der Waals surface area contributed by atoms with E-state index in [4.69, 9.17) is 4.74 Å². The van der Waals surface area contributed by atoms with Gasteiger partial charge in [0.1, 0.15) is 18.7 Å². The summed E-state index contributed by atoms with van der Waals surface area (Å²) >= 11 is 0. The molecule has 1 aromatic heterocycles. The summed E-state index contributed by atoms with van der Waals surface area (Å²) in [6.45, 7) is 9.63. The fraction of sp³-hybridized carbons (Fsp3) is 0.500. The number of aryl methyl sites for hydroxylation is 2. The van der Waals surface area contributed by atoms with Crippen LogP contribution in [0.4, 0.5) is 0 Å². The molecule has 5 heteroatoms. The van der Waals surface area contributed by atoms with Gasteiger partial charge in [-0.1, -0.05) is 12.1 Å². The Labute approximate surface area is 126 Å². The standard InChI is InChI=1S/C16H24N4O/c1-11(2)20-15(18-10-19-20)9-21-16-12(3)6-14(8-17-5)7-13(16)4/h6-7,10-11,17H,8-9H2,1-5H3. The first-order chi connectivity index (χ1) is 10.0. The van der Waals surface area contributed by atoms with Crippen molar-refractivity contribution < 1.29 is 4.74 Å². The second-order valence-corrected chi connectivity index (χ2v) is 5.59. The Balaban J connectivity index is 2.15. The highest BCUT2D eigenvalue weighted by molar-refractivity contribution is 5.43. The number of aromatic nitrogens is 3. The summed E-state index contributed by atoms with van der Waals surface area (Å²) < 4.78 is 7.88. The molecule has 0 aliphatic rings. The quantitative estimate of drug-likeness (QED) is 0.888. The normalized spacial score (nSPS) is 11.1. The molecule has 2 rings (SSSR count). The maximum absolute atomic E-state index is 5.99. The van der Waals surface area contributed by atoms with Gasteiger partial charge in [0.25, 0.3) is 0 Å². The highest BCUT2D eigenvalue weighted by Crippen LogP contribution is 2.25. The fourth-order valence-electron chi connectivity index (χ4n) is 2.52. The molecule has 0 saturated heterocycles. The summed E-state index contributed by atoms with van der Waals surface area (Å²) in [5.74, 6) is 1.79. The smallest absolute Gasteiger partial charge is 0.165 e. The maximum Gasteiger partial charge on any atom is 0.165 e. The predicted molar refractivity (Wildman–Crippen MR) is 83.4 cm³/mol. The first-order valence-electron chi connectivity index (χ1n) is 7.28. The van der Waals surface area contributed by atoms with Gasteiger partial charge in [0, 0.05) is 12.6 Å². The molecule has 0 unspecified atom stereocenters. The van der Waals surface area contributed by atoms with Crippen LogP contribution in [-0.2, 0) is 13.2 Å². The Kier molecular flexibility index (Phi) is 4.96. The molecule has 21 heavy (non-hydrogen) atoms. The van der Waals surface area contributed by atoms with Crippen molar-refractivity contribution >= 4 is 0 Å². The monoisotopic (exact) mass is 288 g/mol. The molecule has 1 aromatic carbocycles. The second-order valence-electron chi connectivity index (χ2n) is 5.59. The Morgan fingerprint density at radius 1 is 1.24 bits per heavy atom. The van der Waals surface area contributed by atoms with Crippen LogP contribution in [0, 0.1) is 13.8 Å². The number of rotatable bonds is 6. The van der Waals surface area contributed by atoms with Crippen LogP contribution < -0.4 is 10.1 Å². The Morgan fingerprint density at radius 2 is 1.90 bits per heavy atom. The van der Waals surface area contributed by atoms with Crippen LogP contribution in [-0.4, -0.2) is 21.8 Å². The lowest BCUT2D eigenvalue weighted by atomic mass is 10.1. The molecule has 0 fully saturated rings. The minimum Gasteiger partial charge on any atom is -0.485 e. The van der Waals surface area contributed by atoms with E-state index in [0.29, 0.717) is 6.61 Å². The molecular weight excluding hydrogens is 264 g/mol. The summed E-state index contributed by atoms with van der Waals surface area (Å²) in [7, 11) is 1.95. The van der Waals surface area contributed by atoms with E-state index in [1.54, 1.807) is 6.33 Å². The van der Waals surface area contributed by atoms with Crippen LogP contribution in [0.1, 0.15) is 42.4 Å². The molecule has 1 heterocycles. The number of benzene rings is 1. The van der Waals surface area contributed by atoms with Crippen molar-refractivity contribution in [2.24, 2.45) is 0 Å². The molecular formula is C16H24N4O. The molecule has 0 amide bonds. The summed E-state index contributed by atoms with van der Waals surface area (Å²) in [5.41, 5.74) is 3.57.